The minimum Gasteiger partial charge on any atom is -0.461 e. The van der Waals surface area contributed by atoms with E-state index in [0.29, 0.717) is 0 Å². The number of unbranched alkanes of at least 4 members (excludes halogenated alkanes) is 1. The SMILES string of the molecule is CCC/C=C/COC(=O)CCCC(=O)Oc1c(F)cccc1Cl. The lowest BCUT2D eigenvalue weighted by Crippen LogP contribution is -2.11. The summed E-state index contributed by atoms with van der Waals surface area (Å²) in [5.41, 5.74) is 0. The Hall–Kier alpha value is -1.88. The first-order valence-electron chi connectivity index (χ1n) is 7.50. The second kappa shape index (κ2) is 10.8. The summed E-state index contributed by atoms with van der Waals surface area (Å²) >= 11 is 5.75. The number of hydrogen-bond acceptors (Lipinski definition) is 4. The fraction of sp³-hybridized carbons (Fsp3) is 0.412. The van der Waals surface area contributed by atoms with E-state index in [1.165, 1.54) is 12.1 Å². The molecule has 0 aromatic heterocycles. The first kappa shape index (κ1) is 19.2. The Morgan fingerprint density at radius 2 is 1.96 bits per heavy atom. The third-order valence-corrected chi connectivity index (χ3v) is 3.16. The van der Waals surface area contributed by atoms with E-state index in [-0.39, 0.29) is 42.6 Å². The van der Waals surface area contributed by atoms with Crippen LogP contribution in [0.1, 0.15) is 39.0 Å². The van der Waals surface area contributed by atoms with Gasteiger partial charge >= 0.3 is 11.9 Å². The number of hydrogen-bond donors (Lipinski definition) is 0. The first-order chi connectivity index (χ1) is 11.0. The fourth-order valence-electron chi connectivity index (χ4n) is 1.69. The second-order valence-corrected chi connectivity index (χ2v) is 5.23. The van der Waals surface area contributed by atoms with E-state index < -0.39 is 11.8 Å². The van der Waals surface area contributed by atoms with Gasteiger partial charge in [0.25, 0.3) is 0 Å². The zero-order valence-electron chi connectivity index (χ0n) is 13.0. The lowest BCUT2D eigenvalue weighted by molar-refractivity contribution is -0.142. The average Bonchev–Trinajstić information content (AvgIpc) is 2.51. The minimum atomic E-state index is -0.705. The molecule has 1 aromatic rings. The van der Waals surface area contributed by atoms with Crippen LogP contribution in [0.3, 0.4) is 0 Å². The molecule has 0 bridgehead atoms. The maximum atomic E-state index is 13.4. The lowest BCUT2D eigenvalue weighted by Gasteiger charge is -2.07. The van der Waals surface area contributed by atoms with Gasteiger partial charge in [-0.2, -0.15) is 0 Å². The van der Waals surface area contributed by atoms with Crippen LogP contribution >= 0.6 is 11.6 Å². The normalized spacial score (nSPS) is 10.7. The summed E-state index contributed by atoms with van der Waals surface area (Å²) in [6, 6.07) is 3.99. The predicted octanol–water partition coefficient (Wildman–Crippen LogP) is 4.45. The van der Waals surface area contributed by atoms with Crippen molar-refractivity contribution in [3.8, 4) is 5.75 Å². The molecule has 0 N–H and O–H groups in total. The topological polar surface area (TPSA) is 52.6 Å². The number of para-hydroxylation sites is 1. The van der Waals surface area contributed by atoms with E-state index in [1.807, 2.05) is 6.08 Å². The molecule has 0 radical (unpaired) electrons. The van der Waals surface area contributed by atoms with Gasteiger partial charge in [-0.15, -0.1) is 0 Å². The molecular weight excluding hydrogens is 323 g/mol. The molecule has 0 saturated carbocycles. The monoisotopic (exact) mass is 342 g/mol. The Balaban J connectivity index is 2.25. The molecule has 0 saturated heterocycles. The summed E-state index contributed by atoms with van der Waals surface area (Å²) in [5.74, 6) is -2.03. The van der Waals surface area contributed by atoms with Crippen LogP contribution in [0.25, 0.3) is 0 Å². The third kappa shape index (κ3) is 7.79. The van der Waals surface area contributed by atoms with Gasteiger partial charge in [0.15, 0.2) is 11.6 Å². The van der Waals surface area contributed by atoms with Crippen LogP contribution < -0.4 is 4.74 Å². The Labute approximate surface area is 140 Å². The molecule has 0 aliphatic rings. The van der Waals surface area contributed by atoms with Crippen molar-refractivity contribution in [1.29, 1.82) is 0 Å². The quantitative estimate of drug-likeness (QED) is 0.378. The summed E-state index contributed by atoms with van der Waals surface area (Å²) in [6.45, 7) is 2.29. The van der Waals surface area contributed by atoms with Crippen LogP contribution in [0.2, 0.25) is 5.02 Å². The molecule has 1 aromatic carbocycles. The molecule has 0 unspecified atom stereocenters. The largest absolute Gasteiger partial charge is 0.461 e. The fourth-order valence-corrected chi connectivity index (χ4v) is 1.89. The molecule has 4 nitrogen and oxygen atoms in total. The van der Waals surface area contributed by atoms with Crippen LogP contribution in [0.4, 0.5) is 4.39 Å². The van der Waals surface area contributed by atoms with Gasteiger partial charge in [0.2, 0.25) is 0 Å². The van der Waals surface area contributed by atoms with Crippen molar-refractivity contribution in [2.45, 2.75) is 39.0 Å². The molecular formula is C17H20ClFO4. The van der Waals surface area contributed by atoms with Crippen molar-refractivity contribution >= 4 is 23.5 Å². The van der Waals surface area contributed by atoms with Crippen molar-refractivity contribution in [2.75, 3.05) is 6.61 Å². The van der Waals surface area contributed by atoms with E-state index >= 15 is 0 Å². The standard InChI is InChI=1S/C17H20ClFO4/c1-2-3-4-5-12-22-15(20)10-7-11-16(21)23-17-13(18)8-6-9-14(17)19/h4-6,8-9H,2-3,7,10-12H2,1H3/b5-4+. The number of carbonyl (C=O) groups excluding carboxylic acids is 2. The molecule has 6 heteroatoms. The van der Waals surface area contributed by atoms with Crippen LogP contribution in [0, 0.1) is 5.82 Å². The van der Waals surface area contributed by atoms with Gasteiger partial charge in [0, 0.05) is 12.8 Å². The van der Waals surface area contributed by atoms with E-state index in [1.54, 1.807) is 6.08 Å². The highest BCUT2D eigenvalue weighted by Gasteiger charge is 2.13. The van der Waals surface area contributed by atoms with Gasteiger partial charge in [0.05, 0.1) is 5.02 Å². The molecule has 0 fully saturated rings. The van der Waals surface area contributed by atoms with Crippen LogP contribution in [0.5, 0.6) is 5.75 Å². The Bertz CT molecular complexity index is 537. The van der Waals surface area contributed by atoms with E-state index in [2.05, 4.69) is 6.92 Å². The maximum absolute atomic E-state index is 13.4. The molecule has 0 heterocycles. The number of rotatable bonds is 9. The number of allylic oxidation sites excluding steroid dienone is 1. The smallest absolute Gasteiger partial charge is 0.311 e. The average molecular weight is 343 g/mol. The molecule has 0 amide bonds. The molecule has 1 rings (SSSR count). The molecule has 0 spiro atoms. The van der Waals surface area contributed by atoms with Crippen molar-refractivity contribution in [3.63, 3.8) is 0 Å². The van der Waals surface area contributed by atoms with Gasteiger partial charge < -0.3 is 9.47 Å². The number of halogens is 2. The van der Waals surface area contributed by atoms with Crippen LogP contribution in [0.15, 0.2) is 30.4 Å². The highest BCUT2D eigenvalue weighted by Crippen LogP contribution is 2.27. The summed E-state index contributed by atoms with van der Waals surface area (Å²) in [4.78, 5) is 23.1. The molecule has 23 heavy (non-hydrogen) atoms. The van der Waals surface area contributed by atoms with Gasteiger partial charge in [-0.1, -0.05) is 43.2 Å². The van der Waals surface area contributed by atoms with Gasteiger partial charge in [0.1, 0.15) is 6.61 Å². The molecule has 0 atom stereocenters. The maximum Gasteiger partial charge on any atom is 0.311 e. The Kier molecular flexibility index (Phi) is 8.98. The van der Waals surface area contributed by atoms with E-state index in [9.17, 15) is 14.0 Å². The number of esters is 2. The predicted molar refractivity (Wildman–Crippen MR) is 85.9 cm³/mol. The lowest BCUT2D eigenvalue weighted by atomic mass is 10.2. The van der Waals surface area contributed by atoms with Gasteiger partial charge in [-0.25, -0.2) is 4.39 Å². The first-order valence-corrected chi connectivity index (χ1v) is 7.87. The zero-order valence-corrected chi connectivity index (χ0v) is 13.8. The van der Waals surface area contributed by atoms with Crippen LogP contribution in [-0.2, 0) is 14.3 Å². The molecule has 0 aliphatic heterocycles. The Morgan fingerprint density at radius 3 is 2.65 bits per heavy atom. The van der Waals surface area contributed by atoms with E-state index in [0.717, 1.165) is 18.9 Å². The number of benzene rings is 1. The van der Waals surface area contributed by atoms with Crippen LogP contribution in [-0.4, -0.2) is 18.5 Å². The summed E-state index contributed by atoms with van der Waals surface area (Å²) in [5, 5.41) is 0.0247. The number of carbonyl (C=O) groups is 2. The zero-order chi connectivity index (χ0) is 17.1. The second-order valence-electron chi connectivity index (χ2n) is 4.82. The summed E-state index contributed by atoms with van der Waals surface area (Å²) in [7, 11) is 0. The van der Waals surface area contributed by atoms with Gasteiger partial charge in [-0.3, -0.25) is 9.59 Å². The Morgan fingerprint density at radius 1 is 1.22 bits per heavy atom. The van der Waals surface area contributed by atoms with E-state index in [4.69, 9.17) is 21.1 Å². The van der Waals surface area contributed by atoms with Crippen molar-refractivity contribution in [2.24, 2.45) is 0 Å². The van der Waals surface area contributed by atoms with Crippen molar-refractivity contribution in [3.05, 3.63) is 41.2 Å². The molecule has 126 valence electrons. The highest BCUT2D eigenvalue weighted by atomic mass is 35.5. The van der Waals surface area contributed by atoms with Crippen molar-refractivity contribution < 1.29 is 23.5 Å². The highest BCUT2D eigenvalue weighted by molar-refractivity contribution is 6.32. The molecule has 0 aliphatic carbocycles. The van der Waals surface area contributed by atoms with Gasteiger partial charge in [-0.05, 0) is 25.0 Å². The minimum absolute atomic E-state index is 0.0224. The third-order valence-electron chi connectivity index (χ3n) is 2.86. The number of ether oxygens (including phenoxy) is 2. The summed E-state index contributed by atoms with van der Waals surface area (Å²) < 4.78 is 23.3. The van der Waals surface area contributed by atoms with Crippen molar-refractivity contribution in [1.82, 2.24) is 0 Å². The summed E-state index contributed by atoms with van der Waals surface area (Å²) in [6.07, 6.45) is 6.06.